The fourth-order valence-electron chi connectivity index (χ4n) is 1.94. The Morgan fingerprint density at radius 3 is 2.63 bits per heavy atom. The molecule has 0 radical (unpaired) electrons. The molecule has 0 aliphatic rings. The summed E-state index contributed by atoms with van der Waals surface area (Å²) in [5, 5.41) is 5.48. The van der Waals surface area contributed by atoms with Crippen LogP contribution in [0.2, 0.25) is 0 Å². The zero-order chi connectivity index (χ0) is 13.8. The van der Waals surface area contributed by atoms with Crippen LogP contribution in [-0.2, 0) is 6.42 Å². The molecule has 0 amide bonds. The van der Waals surface area contributed by atoms with Gasteiger partial charge < -0.3 is 10.1 Å². The number of rotatable bonds is 5. The van der Waals surface area contributed by atoms with Crippen molar-refractivity contribution in [3.63, 3.8) is 0 Å². The Hall–Kier alpha value is -0.360. The lowest BCUT2D eigenvalue weighted by Gasteiger charge is -2.18. The maximum Gasteiger partial charge on any atom is 0.119 e. The summed E-state index contributed by atoms with van der Waals surface area (Å²) in [7, 11) is 3.68. The quantitative estimate of drug-likeness (QED) is 0.773. The minimum Gasteiger partial charge on any atom is -0.497 e. The van der Waals surface area contributed by atoms with E-state index < -0.39 is 0 Å². The molecule has 2 nitrogen and oxygen atoms in total. The van der Waals surface area contributed by atoms with Crippen molar-refractivity contribution in [1.29, 1.82) is 0 Å². The third-order valence-electron chi connectivity index (χ3n) is 3.01. The highest BCUT2D eigenvalue weighted by atomic mass is 79.9. The van der Waals surface area contributed by atoms with Gasteiger partial charge in [0.15, 0.2) is 0 Å². The fraction of sp³-hybridized carbons (Fsp3) is 0.286. The molecule has 2 rings (SSSR count). The number of hydrogen-bond donors (Lipinski definition) is 1. The molecular weight excluding hydrogens is 390 g/mol. The summed E-state index contributed by atoms with van der Waals surface area (Å²) >= 11 is 8.98. The largest absolute Gasteiger partial charge is 0.497 e. The summed E-state index contributed by atoms with van der Waals surface area (Å²) in [6, 6.07) is 8.41. The van der Waals surface area contributed by atoms with E-state index in [2.05, 4.69) is 54.7 Å². The van der Waals surface area contributed by atoms with Gasteiger partial charge in [-0.05, 0) is 58.2 Å². The maximum absolute atomic E-state index is 5.31. The number of methoxy groups -OCH3 is 1. The Bertz CT molecular complexity index is 556. The van der Waals surface area contributed by atoms with Crippen LogP contribution in [0.15, 0.2) is 38.6 Å². The van der Waals surface area contributed by atoms with E-state index in [0.717, 1.165) is 16.6 Å². The molecule has 19 heavy (non-hydrogen) atoms. The molecule has 0 saturated carbocycles. The molecule has 1 heterocycles. The number of benzene rings is 1. The number of halogens is 2. The van der Waals surface area contributed by atoms with Crippen molar-refractivity contribution in [2.45, 2.75) is 12.5 Å². The van der Waals surface area contributed by atoms with Gasteiger partial charge in [-0.2, -0.15) is 0 Å². The van der Waals surface area contributed by atoms with Crippen molar-refractivity contribution in [2.24, 2.45) is 0 Å². The second-order valence-electron chi connectivity index (χ2n) is 4.12. The van der Waals surface area contributed by atoms with Crippen molar-refractivity contribution in [2.75, 3.05) is 14.2 Å². The molecular formula is C14H15Br2NOS. The first-order valence-corrected chi connectivity index (χ1v) is 8.35. The second kappa shape index (κ2) is 6.88. The Morgan fingerprint density at radius 2 is 2.05 bits per heavy atom. The van der Waals surface area contributed by atoms with E-state index in [9.17, 15) is 0 Å². The fourth-order valence-corrected chi connectivity index (χ4v) is 4.02. The molecule has 2 aromatic rings. The second-order valence-corrected chi connectivity index (χ2v) is 6.83. The minimum absolute atomic E-state index is 0.249. The van der Waals surface area contributed by atoms with Crippen LogP contribution in [0.3, 0.4) is 0 Å². The van der Waals surface area contributed by atoms with E-state index in [0.29, 0.717) is 0 Å². The van der Waals surface area contributed by atoms with Crippen LogP contribution >= 0.6 is 43.2 Å². The summed E-state index contributed by atoms with van der Waals surface area (Å²) in [4.78, 5) is 1.34. The highest BCUT2D eigenvalue weighted by molar-refractivity contribution is 9.10. The van der Waals surface area contributed by atoms with Gasteiger partial charge >= 0.3 is 0 Å². The van der Waals surface area contributed by atoms with Gasteiger partial charge in [0.25, 0.3) is 0 Å². The maximum atomic E-state index is 5.31. The summed E-state index contributed by atoms with van der Waals surface area (Å²) in [5.74, 6) is 0.878. The number of nitrogens with one attached hydrogen (secondary N) is 1. The Morgan fingerprint density at radius 1 is 1.26 bits per heavy atom. The van der Waals surface area contributed by atoms with E-state index in [1.165, 1.54) is 14.9 Å². The van der Waals surface area contributed by atoms with Crippen LogP contribution < -0.4 is 10.1 Å². The van der Waals surface area contributed by atoms with Crippen molar-refractivity contribution >= 4 is 43.2 Å². The van der Waals surface area contributed by atoms with E-state index >= 15 is 0 Å². The summed E-state index contributed by atoms with van der Waals surface area (Å²) in [5.41, 5.74) is 1.21. The predicted molar refractivity (Wildman–Crippen MR) is 88.2 cm³/mol. The average Bonchev–Trinajstić information content (AvgIpc) is 2.82. The van der Waals surface area contributed by atoms with Crippen LogP contribution in [0.25, 0.3) is 0 Å². The SMILES string of the molecule is CNC(Cc1sccc1Br)c1cc(OC)ccc1Br. The van der Waals surface area contributed by atoms with Gasteiger partial charge in [-0.1, -0.05) is 15.9 Å². The smallest absolute Gasteiger partial charge is 0.119 e. The molecule has 0 spiro atoms. The molecule has 0 saturated heterocycles. The third-order valence-corrected chi connectivity index (χ3v) is 5.68. The van der Waals surface area contributed by atoms with Gasteiger partial charge in [-0.25, -0.2) is 0 Å². The molecule has 1 aromatic heterocycles. The summed E-state index contributed by atoms with van der Waals surface area (Å²) < 4.78 is 7.58. The zero-order valence-electron chi connectivity index (χ0n) is 10.7. The van der Waals surface area contributed by atoms with Crippen molar-refractivity contribution in [3.05, 3.63) is 49.0 Å². The van der Waals surface area contributed by atoms with E-state index in [-0.39, 0.29) is 6.04 Å². The standard InChI is InChI=1S/C14H15Br2NOS/c1-17-13(8-14-12(16)5-6-19-14)10-7-9(18-2)3-4-11(10)15/h3-7,13,17H,8H2,1-2H3. The predicted octanol–water partition coefficient (Wildman–Crippen LogP) is 4.78. The number of thiophene rings is 1. The normalized spacial score (nSPS) is 12.4. The van der Waals surface area contributed by atoms with E-state index in [1.807, 2.05) is 19.2 Å². The Labute approximate surface area is 134 Å². The molecule has 5 heteroatoms. The van der Waals surface area contributed by atoms with Crippen LogP contribution in [0.4, 0.5) is 0 Å². The first-order chi connectivity index (χ1) is 9.15. The third kappa shape index (κ3) is 3.60. The van der Waals surface area contributed by atoms with Gasteiger partial charge in [-0.3, -0.25) is 0 Å². The number of likely N-dealkylation sites (N-methyl/N-ethyl adjacent to an activating group) is 1. The van der Waals surface area contributed by atoms with Gasteiger partial charge in [0, 0.05) is 26.3 Å². The number of ether oxygens (including phenoxy) is 1. The van der Waals surface area contributed by atoms with Crippen molar-refractivity contribution < 1.29 is 4.74 Å². The Kier molecular flexibility index (Phi) is 5.45. The first kappa shape index (κ1) is 15.0. The average molecular weight is 405 g/mol. The zero-order valence-corrected chi connectivity index (χ0v) is 14.7. The molecule has 0 aliphatic heterocycles. The highest BCUT2D eigenvalue weighted by Gasteiger charge is 2.16. The molecule has 0 aliphatic carbocycles. The van der Waals surface area contributed by atoms with Crippen LogP contribution in [0, 0.1) is 0 Å². The molecule has 1 unspecified atom stereocenters. The van der Waals surface area contributed by atoms with E-state index in [1.54, 1.807) is 18.4 Å². The molecule has 1 N–H and O–H groups in total. The summed E-state index contributed by atoms with van der Waals surface area (Å²) in [6.07, 6.45) is 0.945. The molecule has 102 valence electrons. The first-order valence-electron chi connectivity index (χ1n) is 5.88. The topological polar surface area (TPSA) is 21.3 Å². The minimum atomic E-state index is 0.249. The molecule has 0 bridgehead atoms. The van der Waals surface area contributed by atoms with Crippen molar-refractivity contribution in [3.8, 4) is 5.75 Å². The Balaban J connectivity index is 2.29. The van der Waals surface area contributed by atoms with Gasteiger partial charge in [0.1, 0.15) is 5.75 Å². The van der Waals surface area contributed by atoms with Crippen LogP contribution in [0.5, 0.6) is 5.75 Å². The molecule has 1 atom stereocenters. The van der Waals surface area contributed by atoms with Gasteiger partial charge in [0.05, 0.1) is 7.11 Å². The van der Waals surface area contributed by atoms with Crippen molar-refractivity contribution in [1.82, 2.24) is 5.32 Å². The number of hydrogen-bond acceptors (Lipinski definition) is 3. The van der Waals surface area contributed by atoms with Gasteiger partial charge in [0.2, 0.25) is 0 Å². The van der Waals surface area contributed by atoms with Crippen LogP contribution in [0.1, 0.15) is 16.5 Å². The lowest BCUT2D eigenvalue weighted by molar-refractivity contribution is 0.413. The van der Waals surface area contributed by atoms with E-state index in [4.69, 9.17) is 4.74 Å². The highest BCUT2D eigenvalue weighted by Crippen LogP contribution is 2.32. The monoisotopic (exact) mass is 403 g/mol. The molecule has 0 fully saturated rings. The lowest BCUT2D eigenvalue weighted by atomic mass is 10.0. The van der Waals surface area contributed by atoms with Gasteiger partial charge in [-0.15, -0.1) is 11.3 Å². The lowest BCUT2D eigenvalue weighted by Crippen LogP contribution is -2.19. The molecule has 1 aromatic carbocycles. The summed E-state index contributed by atoms with van der Waals surface area (Å²) in [6.45, 7) is 0. The van der Waals surface area contributed by atoms with Crippen LogP contribution in [-0.4, -0.2) is 14.2 Å².